The third kappa shape index (κ3) is 4.63. The van der Waals surface area contributed by atoms with Crippen molar-refractivity contribution in [3.8, 4) is 11.5 Å². The van der Waals surface area contributed by atoms with Crippen LogP contribution < -0.4 is 11.1 Å². The van der Waals surface area contributed by atoms with E-state index in [1.54, 1.807) is 0 Å². The third-order valence-corrected chi connectivity index (χ3v) is 2.73. The highest BCUT2D eigenvalue weighted by atomic mass is 16.3. The van der Waals surface area contributed by atoms with Gasteiger partial charge >= 0.3 is 0 Å². The van der Waals surface area contributed by atoms with Gasteiger partial charge < -0.3 is 21.3 Å². The normalized spacial score (nSPS) is 12.1. The van der Waals surface area contributed by atoms with Crippen molar-refractivity contribution in [2.24, 2.45) is 11.7 Å². The molecule has 0 fully saturated rings. The molecule has 1 aromatic carbocycles. The topological polar surface area (TPSA) is 95.6 Å². The fourth-order valence-electron chi connectivity index (χ4n) is 1.60. The van der Waals surface area contributed by atoms with E-state index < -0.39 is 0 Å². The van der Waals surface area contributed by atoms with Gasteiger partial charge in [-0.1, -0.05) is 6.92 Å². The van der Waals surface area contributed by atoms with Crippen molar-refractivity contribution in [1.29, 1.82) is 0 Å². The summed E-state index contributed by atoms with van der Waals surface area (Å²) in [5, 5.41) is 21.3. The largest absolute Gasteiger partial charge is 0.508 e. The molecule has 1 rings (SSSR count). The highest BCUT2D eigenvalue weighted by Gasteiger charge is 2.08. The van der Waals surface area contributed by atoms with Gasteiger partial charge in [-0.3, -0.25) is 4.79 Å². The number of aromatic hydroxyl groups is 2. The lowest BCUT2D eigenvalue weighted by atomic mass is 10.1. The van der Waals surface area contributed by atoms with E-state index >= 15 is 0 Å². The lowest BCUT2D eigenvalue weighted by Gasteiger charge is -2.09. The van der Waals surface area contributed by atoms with Gasteiger partial charge in [-0.15, -0.1) is 0 Å². The predicted octanol–water partition coefficient (Wildman–Crippen LogP) is 1.20. The number of phenolic OH excluding ortho intramolecular Hbond substituents is 2. The maximum atomic E-state index is 11.7. The number of nitrogens with one attached hydrogen (secondary N) is 1. The molecule has 0 saturated carbocycles. The van der Waals surface area contributed by atoms with Gasteiger partial charge in [0.15, 0.2) is 0 Å². The Morgan fingerprint density at radius 1 is 1.33 bits per heavy atom. The summed E-state index contributed by atoms with van der Waals surface area (Å²) in [6.07, 6.45) is 1.82. The van der Waals surface area contributed by atoms with E-state index in [0.29, 0.717) is 19.0 Å². The minimum Gasteiger partial charge on any atom is -0.508 e. The fraction of sp³-hybridized carbons (Fsp3) is 0.462. The van der Waals surface area contributed by atoms with E-state index in [2.05, 4.69) is 12.2 Å². The van der Waals surface area contributed by atoms with Crippen LogP contribution >= 0.6 is 0 Å². The number of phenols is 2. The number of hydrogen-bond donors (Lipinski definition) is 4. The maximum absolute atomic E-state index is 11.7. The van der Waals surface area contributed by atoms with Gasteiger partial charge in [-0.2, -0.15) is 0 Å². The average Bonchev–Trinajstić information content (AvgIpc) is 2.32. The van der Waals surface area contributed by atoms with Gasteiger partial charge in [0.05, 0.1) is 0 Å². The summed E-state index contributed by atoms with van der Waals surface area (Å²) in [5.74, 6) is -0.109. The highest BCUT2D eigenvalue weighted by Crippen LogP contribution is 2.20. The number of hydrogen-bond acceptors (Lipinski definition) is 4. The molecule has 0 saturated heterocycles. The molecule has 5 N–H and O–H groups in total. The molecule has 0 heterocycles. The molecule has 5 heteroatoms. The Balaban J connectivity index is 2.41. The summed E-state index contributed by atoms with van der Waals surface area (Å²) in [6, 6.07) is 3.81. The summed E-state index contributed by atoms with van der Waals surface area (Å²) in [5.41, 5.74) is 5.74. The van der Waals surface area contributed by atoms with E-state index in [9.17, 15) is 15.0 Å². The molecule has 0 bridgehead atoms. The molecule has 100 valence electrons. The number of carbonyl (C=O) groups excluding carboxylic acids is 1. The van der Waals surface area contributed by atoms with Crippen molar-refractivity contribution in [1.82, 2.24) is 5.32 Å². The fourth-order valence-corrected chi connectivity index (χ4v) is 1.60. The number of rotatable bonds is 6. The molecule has 0 radical (unpaired) electrons. The number of amides is 1. The molecular weight excluding hydrogens is 232 g/mol. The smallest absolute Gasteiger partial charge is 0.251 e. The van der Waals surface area contributed by atoms with Crippen LogP contribution in [0, 0.1) is 5.92 Å². The van der Waals surface area contributed by atoms with Crippen molar-refractivity contribution in [2.45, 2.75) is 19.8 Å². The van der Waals surface area contributed by atoms with Crippen LogP contribution in [-0.2, 0) is 0 Å². The van der Waals surface area contributed by atoms with Gasteiger partial charge in [-0.05, 0) is 37.4 Å². The van der Waals surface area contributed by atoms with Crippen LogP contribution in [-0.4, -0.2) is 29.2 Å². The first-order valence-corrected chi connectivity index (χ1v) is 6.04. The zero-order valence-corrected chi connectivity index (χ0v) is 10.5. The lowest BCUT2D eigenvalue weighted by Crippen LogP contribution is -2.25. The van der Waals surface area contributed by atoms with Crippen molar-refractivity contribution < 1.29 is 15.0 Å². The SMILES string of the molecule is CC(CN)CCCNC(=O)c1cc(O)cc(O)c1. The van der Waals surface area contributed by atoms with Crippen LogP contribution in [0.1, 0.15) is 30.1 Å². The van der Waals surface area contributed by atoms with Gasteiger partial charge in [-0.25, -0.2) is 0 Å². The Bertz CT molecular complexity index is 387. The molecule has 0 aliphatic rings. The van der Waals surface area contributed by atoms with Crippen LogP contribution in [0.25, 0.3) is 0 Å². The van der Waals surface area contributed by atoms with Crippen LogP contribution in [0.2, 0.25) is 0 Å². The Morgan fingerprint density at radius 3 is 2.50 bits per heavy atom. The number of nitrogens with two attached hydrogens (primary N) is 1. The van der Waals surface area contributed by atoms with Gasteiger partial charge in [0.2, 0.25) is 0 Å². The summed E-state index contributed by atoms with van der Waals surface area (Å²) < 4.78 is 0. The molecule has 1 amide bonds. The minimum absolute atomic E-state index is 0.128. The quantitative estimate of drug-likeness (QED) is 0.572. The van der Waals surface area contributed by atoms with E-state index in [1.165, 1.54) is 18.2 Å². The van der Waals surface area contributed by atoms with Gasteiger partial charge in [0, 0.05) is 18.2 Å². The summed E-state index contributed by atoms with van der Waals surface area (Å²) >= 11 is 0. The lowest BCUT2D eigenvalue weighted by molar-refractivity contribution is 0.0951. The molecule has 18 heavy (non-hydrogen) atoms. The van der Waals surface area contributed by atoms with Gasteiger partial charge in [0.1, 0.15) is 11.5 Å². The van der Waals surface area contributed by atoms with Crippen molar-refractivity contribution in [2.75, 3.05) is 13.1 Å². The number of carbonyl (C=O) groups is 1. The molecular formula is C13H20N2O3. The van der Waals surface area contributed by atoms with Crippen molar-refractivity contribution >= 4 is 5.91 Å². The Kier molecular flexibility index (Phi) is 5.45. The van der Waals surface area contributed by atoms with Crippen LogP contribution in [0.4, 0.5) is 0 Å². The average molecular weight is 252 g/mol. The standard InChI is InChI=1S/C13H20N2O3/c1-9(8-14)3-2-4-15-13(18)10-5-11(16)7-12(17)6-10/h5-7,9,16-17H,2-4,8,14H2,1H3,(H,15,18). The van der Waals surface area contributed by atoms with Crippen LogP contribution in [0.15, 0.2) is 18.2 Å². The van der Waals surface area contributed by atoms with E-state index in [1.807, 2.05) is 0 Å². The second-order valence-corrected chi connectivity index (χ2v) is 4.48. The molecule has 0 spiro atoms. The predicted molar refractivity (Wildman–Crippen MR) is 69.6 cm³/mol. The second-order valence-electron chi connectivity index (χ2n) is 4.48. The molecule has 1 unspecified atom stereocenters. The van der Waals surface area contributed by atoms with E-state index in [-0.39, 0.29) is 23.0 Å². The molecule has 0 aliphatic heterocycles. The molecule has 0 aliphatic carbocycles. The highest BCUT2D eigenvalue weighted by molar-refractivity contribution is 5.94. The van der Waals surface area contributed by atoms with Crippen molar-refractivity contribution in [3.63, 3.8) is 0 Å². The van der Waals surface area contributed by atoms with E-state index in [4.69, 9.17) is 5.73 Å². The monoisotopic (exact) mass is 252 g/mol. The molecule has 1 atom stereocenters. The third-order valence-electron chi connectivity index (χ3n) is 2.73. The van der Waals surface area contributed by atoms with Crippen molar-refractivity contribution in [3.05, 3.63) is 23.8 Å². The summed E-state index contributed by atoms with van der Waals surface area (Å²) in [7, 11) is 0. The first kappa shape index (κ1) is 14.3. The first-order chi connectivity index (χ1) is 8.52. The summed E-state index contributed by atoms with van der Waals surface area (Å²) in [6.45, 7) is 3.27. The van der Waals surface area contributed by atoms with Crippen LogP contribution in [0.3, 0.4) is 0 Å². The zero-order chi connectivity index (χ0) is 13.5. The molecule has 1 aromatic rings. The maximum Gasteiger partial charge on any atom is 0.251 e. The Morgan fingerprint density at radius 2 is 1.94 bits per heavy atom. The molecule has 0 aromatic heterocycles. The second kappa shape index (κ2) is 6.86. The zero-order valence-electron chi connectivity index (χ0n) is 10.5. The summed E-state index contributed by atoms with van der Waals surface area (Å²) in [4.78, 5) is 11.7. The van der Waals surface area contributed by atoms with Gasteiger partial charge in [0.25, 0.3) is 5.91 Å². The molecule has 5 nitrogen and oxygen atoms in total. The van der Waals surface area contributed by atoms with E-state index in [0.717, 1.165) is 12.8 Å². The Labute approximate surface area is 107 Å². The Hall–Kier alpha value is -1.75. The first-order valence-electron chi connectivity index (χ1n) is 6.04. The van der Waals surface area contributed by atoms with Crippen LogP contribution in [0.5, 0.6) is 11.5 Å². The minimum atomic E-state index is -0.304. The number of benzene rings is 1.